The van der Waals surface area contributed by atoms with Crippen LogP contribution in [0.5, 0.6) is 0 Å². The molecule has 7 aliphatic carbocycles. The lowest BCUT2D eigenvalue weighted by atomic mass is 9.98. The van der Waals surface area contributed by atoms with Crippen LogP contribution in [-0.2, 0) is 0 Å². The van der Waals surface area contributed by atoms with Crippen LogP contribution < -0.4 is 0 Å². The van der Waals surface area contributed by atoms with Gasteiger partial charge in [0.2, 0.25) is 0 Å². The molecule has 0 heteroatoms. The molecule has 42 heavy (non-hydrogen) atoms. The molecular weight excluding hydrogens is 504 g/mol. The van der Waals surface area contributed by atoms with Crippen LogP contribution in [-0.4, -0.2) is 0 Å². The van der Waals surface area contributed by atoms with Gasteiger partial charge in [0.05, 0.1) is 0 Å². The predicted molar refractivity (Wildman–Crippen MR) is 183 cm³/mol. The number of rotatable bonds is 0. The van der Waals surface area contributed by atoms with E-state index in [4.69, 9.17) is 0 Å². The lowest BCUT2D eigenvalue weighted by Gasteiger charge is -2.06. The zero-order chi connectivity index (χ0) is 29.6. The number of hydrogen-bond acceptors (Lipinski definition) is 0. The molecule has 0 aromatic heterocycles. The summed E-state index contributed by atoms with van der Waals surface area (Å²) in [6.07, 6.45) is 4.04. The fourth-order valence-corrected chi connectivity index (χ4v) is 5.11. The third kappa shape index (κ3) is 6.81. The maximum Gasteiger partial charge on any atom is -0.00160 e. The van der Waals surface area contributed by atoms with E-state index in [0.29, 0.717) is 0 Å². The highest BCUT2D eigenvalue weighted by molar-refractivity contribution is 5.78. The molecule has 0 fully saturated rings. The SMILES string of the molecule is CC1=C=C(C)c2ccc(cc2)C(C)=C=C(C)c2ccc(cc2)C(C)=C=C(C)c2ccc(cc2)C=C=Cc2ccc1cc2. The van der Waals surface area contributed by atoms with Crippen LogP contribution in [0.3, 0.4) is 0 Å². The third-order valence-corrected chi connectivity index (χ3v) is 7.81. The second kappa shape index (κ2) is 12.6. The lowest BCUT2D eigenvalue weighted by Crippen LogP contribution is -1.85. The van der Waals surface area contributed by atoms with Crippen LogP contribution in [0.2, 0.25) is 0 Å². The second-order valence-electron chi connectivity index (χ2n) is 11.0. The molecule has 7 aliphatic rings. The molecule has 8 bridgehead atoms. The summed E-state index contributed by atoms with van der Waals surface area (Å²) in [5, 5.41) is 0. The number of allylic oxidation sites excluding steroid dienone is 3. The molecule has 0 saturated carbocycles. The minimum absolute atomic E-state index is 1.11. The Morgan fingerprint density at radius 1 is 0.286 bits per heavy atom. The van der Waals surface area contributed by atoms with Crippen molar-refractivity contribution in [2.75, 3.05) is 0 Å². The Balaban J connectivity index is 1.61. The van der Waals surface area contributed by atoms with Gasteiger partial charge in [-0.15, -0.1) is 22.9 Å². The van der Waals surface area contributed by atoms with Crippen molar-refractivity contribution < 1.29 is 0 Å². The number of benzene rings is 4. The Morgan fingerprint density at radius 2 is 0.476 bits per heavy atom. The van der Waals surface area contributed by atoms with Gasteiger partial charge in [-0.25, -0.2) is 0 Å². The standard InChI is InChI=1S/C42H36/c1-29-26-31(3)39-18-22-41(23-19-39)33(5)28-34(6)42-24-20-40(21-25-42)32(4)27-30(2)38-16-12-36(13-17-38)9-7-8-35-10-14-37(29)15-11-35/h8-25H,1-6H3. The summed E-state index contributed by atoms with van der Waals surface area (Å²) in [5.41, 5.74) is 30.1. The molecule has 0 N–H and O–H groups in total. The molecule has 0 aliphatic heterocycles. The van der Waals surface area contributed by atoms with E-state index >= 15 is 0 Å². The first kappa shape index (κ1) is 28.5. The van der Waals surface area contributed by atoms with Crippen molar-refractivity contribution in [3.05, 3.63) is 164 Å². The minimum atomic E-state index is 1.11. The van der Waals surface area contributed by atoms with E-state index in [2.05, 4.69) is 162 Å². The van der Waals surface area contributed by atoms with Crippen LogP contribution in [0.1, 0.15) is 86.1 Å². The van der Waals surface area contributed by atoms with Crippen LogP contribution in [0.15, 0.2) is 120 Å². The Kier molecular flexibility index (Phi) is 8.58. The highest BCUT2D eigenvalue weighted by Gasteiger charge is 2.03. The molecule has 0 spiro atoms. The number of hydrogen-bond donors (Lipinski definition) is 0. The molecule has 11 rings (SSSR count). The maximum atomic E-state index is 3.61. The van der Waals surface area contributed by atoms with E-state index in [1.807, 2.05) is 12.2 Å². The molecule has 204 valence electrons. The Hall–Kier alpha value is -5.04. The average molecular weight is 541 g/mol. The zero-order valence-corrected chi connectivity index (χ0v) is 25.4. The summed E-state index contributed by atoms with van der Waals surface area (Å²) >= 11 is 0. The van der Waals surface area contributed by atoms with Gasteiger partial charge in [-0.2, -0.15) is 0 Å². The van der Waals surface area contributed by atoms with Gasteiger partial charge in [0.15, 0.2) is 0 Å². The molecule has 0 amide bonds. The van der Waals surface area contributed by atoms with Gasteiger partial charge in [-0.05, 0) is 132 Å². The van der Waals surface area contributed by atoms with Crippen LogP contribution in [0.4, 0.5) is 0 Å². The van der Waals surface area contributed by atoms with Gasteiger partial charge in [-0.3, -0.25) is 0 Å². The minimum Gasteiger partial charge on any atom is -0.120 e. The van der Waals surface area contributed by atoms with E-state index in [1.54, 1.807) is 0 Å². The van der Waals surface area contributed by atoms with Crippen LogP contribution in [0, 0.1) is 0 Å². The normalized spacial score (nSPS) is 13.6. The first-order valence-electron chi connectivity index (χ1n) is 14.4. The van der Waals surface area contributed by atoms with E-state index < -0.39 is 0 Å². The average Bonchev–Trinajstić information content (AvgIpc) is 3.01. The van der Waals surface area contributed by atoms with Crippen molar-refractivity contribution in [1.29, 1.82) is 0 Å². The molecule has 4 aromatic rings. The fraction of sp³-hybridized carbons (Fsp3) is 0.143. The summed E-state index contributed by atoms with van der Waals surface area (Å²) < 4.78 is 0. The van der Waals surface area contributed by atoms with Gasteiger partial charge in [0.1, 0.15) is 0 Å². The Morgan fingerprint density at radius 3 is 0.690 bits per heavy atom. The Labute approximate surface area is 251 Å². The van der Waals surface area contributed by atoms with E-state index in [1.165, 1.54) is 22.3 Å². The van der Waals surface area contributed by atoms with E-state index in [0.717, 1.165) is 55.7 Å². The van der Waals surface area contributed by atoms with Gasteiger partial charge in [0.25, 0.3) is 0 Å². The molecule has 0 nitrogen and oxygen atoms in total. The maximum absolute atomic E-state index is 3.61. The summed E-state index contributed by atoms with van der Waals surface area (Å²) in [6.45, 7) is 12.7. The molecule has 0 unspecified atom stereocenters. The zero-order valence-electron chi connectivity index (χ0n) is 25.4. The first-order valence-corrected chi connectivity index (χ1v) is 14.4. The van der Waals surface area contributed by atoms with Crippen molar-refractivity contribution in [3.8, 4) is 0 Å². The van der Waals surface area contributed by atoms with Crippen LogP contribution >= 0.6 is 0 Å². The summed E-state index contributed by atoms with van der Waals surface area (Å²) in [7, 11) is 0. The monoisotopic (exact) mass is 540 g/mol. The van der Waals surface area contributed by atoms with E-state index in [-0.39, 0.29) is 0 Å². The highest BCUT2D eigenvalue weighted by atomic mass is 14.1. The van der Waals surface area contributed by atoms with Gasteiger partial charge in [0, 0.05) is 0 Å². The van der Waals surface area contributed by atoms with Crippen molar-refractivity contribution in [2.45, 2.75) is 41.5 Å². The molecule has 0 atom stereocenters. The molecule has 0 radical (unpaired) electrons. The van der Waals surface area contributed by atoms with Gasteiger partial charge in [-0.1, -0.05) is 97.1 Å². The predicted octanol–water partition coefficient (Wildman–Crippen LogP) is 11.6. The molecule has 4 aromatic carbocycles. The lowest BCUT2D eigenvalue weighted by molar-refractivity contribution is 1.50. The molecular formula is C42H36. The molecule has 0 heterocycles. The van der Waals surface area contributed by atoms with Crippen molar-refractivity contribution in [2.24, 2.45) is 0 Å². The Bertz CT molecular complexity index is 1750. The largest absolute Gasteiger partial charge is 0.120 e. The topological polar surface area (TPSA) is 0 Å². The summed E-state index contributed by atoms with van der Waals surface area (Å²) in [5.74, 6) is 0. The quantitative estimate of drug-likeness (QED) is 0.195. The van der Waals surface area contributed by atoms with Crippen molar-refractivity contribution >= 4 is 45.6 Å². The third-order valence-electron chi connectivity index (χ3n) is 7.81. The van der Waals surface area contributed by atoms with Gasteiger partial charge >= 0.3 is 0 Å². The second-order valence-corrected chi connectivity index (χ2v) is 11.0. The van der Waals surface area contributed by atoms with Crippen LogP contribution in [0.25, 0.3) is 45.6 Å². The summed E-state index contributed by atoms with van der Waals surface area (Å²) in [4.78, 5) is 0. The smallest absolute Gasteiger partial charge is 0.00160 e. The highest BCUT2D eigenvalue weighted by Crippen LogP contribution is 2.24. The molecule has 0 saturated heterocycles. The summed E-state index contributed by atoms with van der Waals surface area (Å²) in [6, 6.07) is 34.5. The fourth-order valence-electron chi connectivity index (χ4n) is 5.11. The van der Waals surface area contributed by atoms with E-state index in [9.17, 15) is 0 Å². The first-order chi connectivity index (χ1) is 20.3. The van der Waals surface area contributed by atoms with Crippen molar-refractivity contribution in [3.63, 3.8) is 0 Å². The van der Waals surface area contributed by atoms with Crippen molar-refractivity contribution in [1.82, 2.24) is 0 Å². The van der Waals surface area contributed by atoms with Gasteiger partial charge < -0.3 is 0 Å².